The second kappa shape index (κ2) is 12.0. The Labute approximate surface area is 217 Å². The molecule has 36 heavy (non-hydrogen) atoms. The summed E-state index contributed by atoms with van der Waals surface area (Å²) >= 11 is 0. The number of hydrogen-bond acceptors (Lipinski definition) is 4. The summed E-state index contributed by atoms with van der Waals surface area (Å²) in [5.74, 6) is -1.56. The first kappa shape index (κ1) is 31.4. The highest BCUT2D eigenvalue weighted by Gasteiger charge is 2.41. The first-order valence-corrected chi connectivity index (χ1v) is 12.6. The number of aliphatic carboxylic acids is 1. The SMILES string of the molecule is CN[C@H](C(=O)N[C@H](C(=O)N(C)[C@H](/C=C(\C)C(=O)O)C(C)C)C(C)(C)C)C(C)(C)c1ccc(C)c(C)c1. The molecule has 1 aromatic rings. The van der Waals surface area contributed by atoms with E-state index in [1.54, 1.807) is 25.1 Å². The molecule has 1 rings (SSSR count). The lowest BCUT2D eigenvalue weighted by atomic mass is 9.76. The molecule has 1 aromatic carbocycles. The van der Waals surface area contributed by atoms with Gasteiger partial charge in [0.25, 0.3) is 0 Å². The van der Waals surface area contributed by atoms with Crippen molar-refractivity contribution in [3.63, 3.8) is 0 Å². The quantitative estimate of drug-likeness (QED) is 0.417. The minimum absolute atomic E-state index is 0.0154. The summed E-state index contributed by atoms with van der Waals surface area (Å²) in [6.07, 6.45) is 1.60. The number of carboxylic acids is 1. The third kappa shape index (κ3) is 7.42. The van der Waals surface area contributed by atoms with Crippen molar-refractivity contribution >= 4 is 17.8 Å². The average molecular weight is 502 g/mol. The molecule has 0 bridgehead atoms. The van der Waals surface area contributed by atoms with Gasteiger partial charge in [-0.3, -0.25) is 9.59 Å². The maximum absolute atomic E-state index is 13.7. The number of benzene rings is 1. The van der Waals surface area contributed by atoms with Crippen LogP contribution in [-0.2, 0) is 19.8 Å². The van der Waals surface area contributed by atoms with Gasteiger partial charge in [0, 0.05) is 18.0 Å². The number of nitrogens with one attached hydrogen (secondary N) is 2. The third-order valence-electron chi connectivity index (χ3n) is 7.16. The van der Waals surface area contributed by atoms with Crippen molar-refractivity contribution in [2.75, 3.05) is 14.1 Å². The van der Waals surface area contributed by atoms with E-state index in [2.05, 4.69) is 36.6 Å². The van der Waals surface area contributed by atoms with Crippen molar-refractivity contribution in [3.8, 4) is 0 Å². The van der Waals surface area contributed by atoms with E-state index in [-0.39, 0.29) is 23.3 Å². The van der Waals surface area contributed by atoms with Crippen LogP contribution in [0.2, 0.25) is 0 Å². The van der Waals surface area contributed by atoms with E-state index in [1.165, 1.54) is 12.5 Å². The molecule has 0 heterocycles. The molecule has 2 amide bonds. The predicted molar refractivity (Wildman–Crippen MR) is 146 cm³/mol. The van der Waals surface area contributed by atoms with Gasteiger partial charge in [-0.15, -0.1) is 0 Å². The van der Waals surface area contributed by atoms with Crippen molar-refractivity contribution in [2.45, 2.75) is 92.8 Å². The van der Waals surface area contributed by atoms with Crippen LogP contribution in [0.3, 0.4) is 0 Å². The van der Waals surface area contributed by atoms with Crippen LogP contribution in [0.4, 0.5) is 0 Å². The Balaban J connectivity index is 3.34. The highest BCUT2D eigenvalue weighted by Crippen LogP contribution is 2.30. The number of carboxylic acid groups (broad SMARTS) is 1. The average Bonchev–Trinajstić information content (AvgIpc) is 2.75. The summed E-state index contributed by atoms with van der Waals surface area (Å²) < 4.78 is 0. The normalized spacial score (nSPS) is 15.3. The fraction of sp³-hybridized carbons (Fsp3) is 0.621. The minimum atomic E-state index is -1.02. The lowest BCUT2D eigenvalue weighted by Crippen LogP contribution is -2.61. The molecule has 0 aromatic heterocycles. The highest BCUT2D eigenvalue weighted by atomic mass is 16.4. The van der Waals surface area contributed by atoms with Crippen LogP contribution in [0.25, 0.3) is 0 Å². The fourth-order valence-electron chi connectivity index (χ4n) is 4.43. The van der Waals surface area contributed by atoms with E-state index in [4.69, 9.17) is 0 Å². The largest absolute Gasteiger partial charge is 0.478 e. The topological polar surface area (TPSA) is 98.7 Å². The number of aryl methyl sites for hydroxylation is 2. The number of likely N-dealkylation sites (N-methyl/N-ethyl adjacent to an activating group) is 2. The standard InChI is InChI=1S/C29H47N3O4/c1-17(2)22(16-20(5)27(35)36)32(12)26(34)24(28(6,7)8)31-25(33)23(30-11)29(9,10)21-14-13-18(3)19(4)15-21/h13-17,22-24,30H,1-12H3,(H,31,33)(H,35,36)/b20-16+/t22-,23-,24-/m1/s1. The highest BCUT2D eigenvalue weighted by molar-refractivity contribution is 5.91. The van der Waals surface area contributed by atoms with Gasteiger partial charge in [0.15, 0.2) is 0 Å². The molecule has 0 aliphatic rings. The summed E-state index contributed by atoms with van der Waals surface area (Å²) in [7, 11) is 3.42. The van der Waals surface area contributed by atoms with E-state index in [0.717, 1.165) is 11.1 Å². The predicted octanol–water partition coefficient (Wildman–Crippen LogP) is 4.21. The molecule has 7 nitrogen and oxygen atoms in total. The molecule has 7 heteroatoms. The van der Waals surface area contributed by atoms with Gasteiger partial charge in [-0.2, -0.15) is 0 Å². The van der Waals surface area contributed by atoms with Crippen molar-refractivity contribution in [2.24, 2.45) is 11.3 Å². The maximum Gasteiger partial charge on any atom is 0.331 e. The molecule has 0 fully saturated rings. The van der Waals surface area contributed by atoms with E-state index in [1.807, 2.05) is 54.5 Å². The molecule has 3 atom stereocenters. The third-order valence-corrected chi connectivity index (χ3v) is 7.16. The van der Waals surface area contributed by atoms with Crippen LogP contribution in [0.5, 0.6) is 0 Å². The molecular weight excluding hydrogens is 454 g/mol. The van der Waals surface area contributed by atoms with Crippen LogP contribution in [0, 0.1) is 25.2 Å². The van der Waals surface area contributed by atoms with Gasteiger partial charge < -0.3 is 20.6 Å². The van der Waals surface area contributed by atoms with E-state index in [0.29, 0.717) is 0 Å². The Morgan fingerprint density at radius 2 is 1.56 bits per heavy atom. The van der Waals surface area contributed by atoms with E-state index in [9.17, 15) is 19.5 Å². The maximum atomic E-state index is 13.7. The van der Waals surface area contributed by atoms with Crippen LogP contribution in [0.15, 0.2) is 29.8 Å². The Morgan fingerprint density at radius 1 is 1.00 bits per heavy atom. The van der Waals surface area contributed by atoms with Gasteiger partial charge in [0.2, 0.25) is 11.8 Å². The number of nitrogens with zero attached hydrogens (tertiary/aromatic N) is 1. The monoisotopic (exact) mass is 501 g/mol. The lowest BCUT2D eigenvalue weighted by molar-refractivity contribution is -0.141. The smallest absolute Gasteiger partial charge is 0.331 e. The Bertz CT molecular complexity index is 989. The lowest BCUT2D eigenvalue weighted by Gasteiger charge is -2.40. The molecule has 0 aliphatic heterocycles. The molecule has 0 saturated carbocycles. The fourth-order valence-corrected chi connectivity index (χ4v) is 4.43. The molecule has 0 spiro atoms. The summed E-state index contributed by atoms with van der Waals surface area (Å²) in [6, 6.07) is 4.40. The van der Waals surface area contributed by atoms with Crippen LogP contribution in [0.1, 0.15) is 72.1 Å². The van der Waals surface area contributed by atoms with Gasteiger partial charge >= 0.3 is 5.97 Å². The first-order valence-electron chi connectivity index (χ1n) is 12.6. The van der Waals surface area contributed by atoms with Gasteiger partial charge in [-0.1, -0.05) is 72.7 Å². The van der Waals surface area contributed by atoms with Crippen molar-refractivity contribution in [1.82, 2.24) is 15.5 Å². The second-order valence-corrected chi connectivity index (χ2v) is 11.9. The van der Waals surface area contributed by atoms with Crippen molar-refractivity contribution in [3.05, 3.63) is 46.5 Å². The molecule has 0 saturated heterocycles. The number of hydrogen-bond donors (Lipinski definition) is 3. The van der Waals surface area contributed by atoms with Gasteiger partial charge in [0.05, 0.1) is 12.1 Å². The molecule has 0 radical (unpaired) electrons. The van der Waals surface area contributed by atoms with Crippen molar-refractivity contribution in [1.29, 1.82) is 0 Å². The van der Waals surface area contributed by atoms with Gasteiger partial charge in [0.1, 0.15) is 6.04 Å². The number of carbonyl (C=O) groups is 3. The van der Waals surface area contributed by atoms with Gasteiger partial charge in [-0.25, -0.2) is 4.79 Å². The zero-order valence-corrected chi connectivity index (χ0v) is 24.2. The molecule has 3 N–H and O–H groups in total. The Morgan fingerprint density at radius 3 is 1.97 bits per heavy atom. The number of rotatable bonds is 10. The Kier molecular flexibility index (Phi) is 10.5. The summed E-state index contributed by atoms with van der Waals surface area (Å²) in [6.45, 7) is 19.3. The van der Waals surface area contributed by atoms with Crippen LogP contribution in [-0.4, -0.2) is 60.0 Å². The molecule has 0 unspecified atom stereocenters. The number of amides is 2. The zero-order chi connectivity index (χ0) is 28.2. The van der Waals surface area contributed by atoms with E-state index >= 15 is 0 Å². The zero-order valence-electron chi connectivity index (χ0n) is 24.2. The first-order chi connectivity index (χ1) is 16.4. The molecule has 0 aliphatic carbocycles. The summed E-state index contributed by atoms with van der Waals surface area (Å²) in [5, 5.41) is 15.5. The Hall–Kier alpha value is -2.67. The number of carbonyl (C=O) groups excluding carboxylic acids is 2. The summed E-state index contributed by atoms with van der Waals surface area (Å²) in [4.78, 5) is 40.4. The van der Waals surface area contributed by atoms with Crippen LogP contribution < -0.4 is 10.6 Å². The molecular formula is C29H47N3O4. The van der Waals surface area contributed by atoms with Gasteiger partial charge in [-0.05, 0) is 55.8 Å². The molecule has 202 valence electrons. The van der Waals surface area contributed by atoms with E-state index < -0.39 is 34.9 Å². The second-order valence-electron chi connectivity index (χ2n) is 11.9. The van der Waals surface area contributed by atoms with Crippen molar-refractivity contribution < 1.29 is 19.5 Å². The van der Waals surface area contributed by atoms with Crippen LogP contribution >= 0.6 is 0 Å². The minimum Gasteiger partial charge on any atom is -0.478 e. The summed E-state index contributed by atoms with van der Waals surface area (Å²) in [5.41, 5.74) is 2.44.